The lowest BCUT2D eigenvalue weighted by molar-refractivity contribution is 0.0697. The van der Waals surface area contributed by atoms with E-state index in [1.54, 1.807) is 18.2 Å². The number of carboxylic acid groups (broad SMARTS) is 1. The molecule has 2 heterocycles. The molecule has 1 fully saturated rings. The average molecular weight is 390 g/mol. The second-order valence-corrected chi connectivity index (χ2v) is 8.79. The Morgan fingerprint density at radius 2 is 1.89 bits per heavy atom. The van der Waals surface area contributed by atoms with Crippen LogP contribution in [0.4, 0.5) is 0 Å². The number of aryl methyl sites for hydroxylation is 1. The van der Waals surface area contributed by atoms with Crippen LogP contribution in [0.1, 0.15) is 40.8 Å². The van der Waals surface area contributed by atoms with Crippen molar-refractivity contribution in [2.24, 2.45) is 0 Å². The van der Waals surface area contributed by atoms with Gasteiger partial charge in [-0.25, -0.2) is 14.8 Å². The third kappa shape index (κ3) is 3.85. The van der Waals surface area contributed by atoms with Crippen LogP contribution in [-0.4, -0.2) is 58.7 Å². The highest BCUT2D eigenvalue weighted by atomic mass is 32.2. The van der Waals surface area contributed by atoms with Gasteiger partial charge in [0.2, 0.25) is 0 Å². The molecule has 1 aromatic heterocycles. The largest absolute Gasteiger partial charge is 0.478 e. The van der Waals surface area contributed by atoms with Gasteiger partial charge in [-0.05, 0) is 38.0 Å². The second kappa shape index (κ2) is 7.34. The van der Waals surface area contributed by atoms with Crippen molar-refractivity contribution >= 4 is 16.2 Å². The van der Waals surface area contributed by atoms with Crippen LogP contribution < -0.4 is 0 Å². The topological polar surface area (TPSA) is 104 Å². The molecule has 0 bridgehead atoms. The molecule has 0 spiro atoms. The van der Waals surface area contributed by atoms with E-state index in [1.807, 2.05) is 6.92 Å². The molecule has 27 heavy (non-hydrogen) atoms. The molecule has 1 atom stereocenters. The first-order valence-corrected chi connectivity index (χ1v) is 9.98. The molecular formula is C18H22N4O4S. The fraction of sp³-hybridized carbons (Fsp3) is 0.389. The molecule has 2 aromatic rings. The van der Waals surface area contributed by atoms with Gasteiger partial charge < -0.3 is 5.11 Å². The van der Waals surface area contributed by atoms with Crippen molar-refractivity contribution in [2.45, 2.75) is 25.8 Å². The Morgan fingerprint density at radius 1 is 1.22 bits per heavy atom. The summed E-state index contributed by atoms with van der Waals surface area (Å²) in [4.78, 5) is 20.1. The number of rotatable bonds is 5. The highest BCUT2D eigenvalue weighted by molar-refractivity contribution is 7.86. The molecule has 0 unspecified atom stereocenters. The van der Waals surface area contributed by atoms with Crippen molar-refractivity contribution < 1.29 is 18.3 Å². The molecule has 0 saturated carbocycles. The zero-order chi connectivity index (χ0) is 19.8. The minimum absolute atomic E-state index is 0.198. The number of carbonyl (C=O) groups is 1. The first-order chi connectivity index (χ1) is 12.7. The van der Waals surface area contributed by atoms with Crippen LogP contribution in [0.5, 0.6) is 0 Å². The number of aromatic nitrogens is 2. The summed E-state index contributed by atoms with van der Waals surface area (Å²) in [5, 5.41) is 9.04. The first kappa shape index (κ1) is 19.4. The maximum Gasteiger partial charge on any atom is 0.335 e. The van der Waals surface area contributed by atoms with Crippen LogP contribution in [0.2, 0.25) is 0 Å². The predicted octanol–water partition coefficient (Wildman–Crippen LogP) is 2.09. The summed E-state index contributed by atoms with van der Waals surface area (Å²) < 4.78 is 27.8. The lowest BCUT2D eigenvalue weighted by Crippen LogP contribution is -2.40. The molecule has 0 radical (unpaired) electrons. The minimum atomic E-state index is -3.56. The summed E-state index contributed by atoms with van der Waals surface area (Å²) in [6, 6.07) is 7.82. The lowest BCUT2D eigenvalue weighted by Gasteiger charge is -2.26. The fourth-order valence-corrected chi connectivity index (χ4v) is 4.46. The van der Waals surface area contributed by atoms with Gasteiger partial charge in [0.15, 0.2) is 0 Å². The summed E-state index contributed by atoms with van der Waals surface area (Å²) in [5.74, 6) is -0.521. The molecule has 1 aliphatic heterocycles. The van der Waals surface area contributed by atoms with Crippen molar-refractivity contribution in [3.05, 3.63) is 47.4 Å². The minimum Gasteiger partial charge on any atom is -0.478 e. The number of nitrogens with zero attached hydrogens (tertiary/aromatic N) is 4. The van der Waals surface area contributed by atoms with Gasteiger partial charge in [-0.15, -0.1) is 0 Å². The van der Waals surface area contributed by atoms with E-state index in [9.17, 15) is 13.2 Å². The van der Waals surface area contributed by atoms with Crippen LogP contribution in [0.3, 0.4) is 0 Å². The summed E-state index contributed by atoms with van der Waals surface area (Å²) in [6.45, 7) is 2.27. The smallest absolute Gasteiger partial charge is 0.335 e. The zero-order valence-corrected chi connectivity index (χ0v) is 16.3. The first-order valence-electron chi connectivity index (χ1n) is 8.59. The molecule has 8 nitrogen and oxygen atoms in total. The van der Waals surface area contributed by atoms with E-state index in [2.05, 4.69) is 9.97 Å². The van der Waals surface area contributed by atoms with E-state index in [0.29, 0.717) is 24.5 Å². The number of carboxylic acids is 1. The predicted molar refractivity (Wildman–Crippen MR) is 100 cm³/mol. The molecule has 1 saturated heterocycles. The average Bonchev–Trinajstić information content (AvgIpc) is 3.11. The monoisotopic (exact) mass is 390 g/mol. The Bertz CT molecular complexity index is 958. The highest BCUT2D eigenvalue weighted by Gasteiger charge is 2.38. The number of hydrogen-bond acceptors (Lipinski definition) is 5. The molecule has 144 valence electrons. The van der Waals surface area contributed by atoms with Gasteiger partial charge in [-0.2, -0.15) is 17.0 Å². The molecule has 3 rings (SSSR count). The Morgan fingerprint density at radius 3 is 2.48 bits per heavy atom. The lowest BCUT2D eigenvalue weighted by atomic mass is 10.1. The molecule has 0 aliphatic carbocycles. The molecule has 9 heteroatoms. The van der Waals surface area contributed by atoms with Gasteiger partial charge in [0.05, 0.1) is 17.3 Å². The van der Waals surface area contributed by atoms with E-state index in [1.165, 1.54) is 34.8 Å². The van der Waals surface area contributed by atoms with Gasteiger partial charge in [0.25, 0.3) is 10.2 Å². The number of hydrogen-bond donors (Lipinski definition) is 1. The molecule has 1 aliphatic rings. The third-order valence-electron chi connectivity index (χ3n) is 4.56. The summed E-state index contributed by atoms with van der Waals surface area (Å²) in [5.41, 5.74) is 2.32. The van der Waals surface area contributed by atoms with Crippen LogP contribution in [0, 0.1) is 6.92 Å². The van der Waals surface area contributed by atoms with E-state index >= 15 is 0 Å². The van der Waals surface area contributed by atoms with E-state index in [-0.39, 0.29) is 5.56 Å². The Labute approximate surface area is 158 Å². The number of benzene rings is 1. The van der Waals surface area contributed by atoms with E-state index in [0.717, 1.165) is 17.7 Å². The van der Waals surface area contributed by atoms with Gasteiger partial charge in [0.1, 0.15) is 5.82 Å². The van der Waals surface area contributed by atoms with Crippen LogP contribution in [0.25, 0.3) is 11.3 Å². The maximum atomic E-state index is 12.6. The number of aromatic carboxylic acids is 1. The summed E-state index contributed by atoms with van der Waals surface area (Å²) >= 11 is 0. The zero-order valence-electron chi connectivity index (χ0n) is 15.5. The van der Waals surface area contributed by atoms with Crippen molar-refractivity contribution in [3.63, 3.8) is 0 Å². The van der Waals surface area contributed by atoms with Gasteiger partial charge in [-0.1, -0.05) is 12.1 Å². The highest BCUT2D eigenvalue weighted by Crippen LogP contribution is 2.34. The SMILES string of the molecule is Cc1cc(-c2ccc(C(=O)O)cc2)nc([C@H]2CCCN2S(=O)(=O)N(C)C)n1. The standard InChI is InChI=1S/C18H22N4O4S/c1-12-11-15(13-6-8-14(9-7-13)18(23)24)20-17(19-12)16-5-4-10-22(16)27(25,26)21(2)3/h6-9,11,16H,4-5,10H2,1-3H3,(H,23,24)/t16-/m1/s1. The summed E-state index contributed by atoms with van der Waals surface area (Å²) in [7, 11) is -0.536. The third-order valence-corrected chi connectivity index (χ3v) is 6.51. The van der Waals surface area contributed by atoms with Crippen LogP contribution >= 0.6 is 0 Å². The van der Waals surface area contributed by atoms with Gasteiger partial charge >= 0.3 is 5.97 Å². The Balaban J connectivity index is 1.99. The van der Waals surface area contributed by atoms with Crippen LogP contribution in [0.15, 0.2) is 30.3 Å². The van der Waals surface area contributed by atoms with Crippen molar-refractivity contribution in [3.8, 4) is 11.3 Å². The molecule has 1 N–H and O–H groups in total. The normalized spacial score (nSPS) is 18.1. The van der Waals surface area contributed by atoms with Crippen molar-refractivity contribution in [1.29, 1.82) is 0 Å². The Kier molecular flexibility index (Phi) is 5.27. The fourth-order valence-electron chi connectivity index (χ4n) is 3.16. The molecular weight excluding hydrogens is 368 g/mol. The van der Waals surface area contributed by atoms with Crippen molar-refractivity contribution in [1.82, 2.24) is 18.6 Å². The van der Waals surface area contributed by atoms with E-state index in [4.69, 9.17) is 5.11 Å². The molecule has 1 aromatic carbocycles. The quantitative estimate of drug-likeness (QED) is 0.838. The maximum absolute atomic E-state index is 12.6. The molecule has 0 amide bonds. The van der Waals surface area contributed by atoms with Gasteiger partial charge in [0, 0.05) is 31.9 Å². The van der Waals surface area contributed by atoms with Crippen molar-refractivity contribution in [2.75, 3.05) is 20.6 Å². The van der Waals surface area contributed by atoms with Gasteiger partial charge in [-0.3, -0.25) is 0 Å². The Hall–Kier alpha value is -2.36. The second-order valence-electron chi connectivity index (χ2n) is 6.69. The summed E-state index contributed by atoms with van der Waals surface area (Å²) in [6.07, 6.45) is 1.41. The van der Waals surface area contributed by atoms with E-state index < -0.39 is 22.2 Å². The van der Waals surface area contributed by atoms with Crippen LogP contribution in [-0.2, 0) is 10.2 Å².